The van der Waals surface area contributed by atoms with E-state index < -0.39 is 0 Å². The first-order valence-electron chi connectivity index (χ1n) is 9.91. The van der Waals surface area contributed by atoms with E-state index >= 15 is 0 Å². The van der Waals surface area contributed by atoms with Gasteiger partial charge in [-0.15, -0.1) is 0 Å². The van der Waals surface area contributed by atoms with Crippen molar-refractivity contribution in [2.45, 2.75) is 26.4 Å². The average Bonchev–Trinajstić information content (AvgIpc) is 3.07. The molecule has 2 amide bonds. The van der Waals surface area contributed by atoms with E-state index in [0.717, 1.165) is 36.6 Å². The molecule has 1 aromatic heterocycles. The number of carbonyl (C=O) groups excluding carboxylic acids is 1. The van der Waals surface area contributed by atoms with Crippen LogP contribution in [0.15, 0.2) is 54.6 Å². The number of piperazine rings is 1. The highest BCUT2D eigenvalue weighted by molar-refractivity contribution is 5.79. The van der Waals surface area contributed by atoms with E-state index in [1.165, 1.54) is 5.56 Å². The largest absolute Gasteiger partial charge is 0.339 e. The van der Waals surface area contributed by atoms with Gasteiger partial charge in [0.05, 0.1) is 17.6 Å². The zero-order valence-electron chi connectivity index (χ0n) is 16.5. The van der Waals surface area contributed by atoms with Gasteiger partial charge < -0.3 is 19.7 Å². The zero-order valence-corrected chi connectivity index (χ0v) is 16.5. The van der Waals surface area contributed by atoms with Crippen molar-refractivity contribution in [1.82, 2.24) is 19.8 Å². The van der Waals surface area contributed by atoms with Crippen LogP contribution in [0.4, 0.5) is 10.7 Å². The van der Waals surface area contributed by atoms with Gasteiger partial charge in [-0.05, 0) is 31.5 Å². The molecule has 0 spiro atoms. The number of fused-ring (bicyclic) bond motifs is 1. The number of hydrogen-bond acceptors (Lipinski definition) is 3. The Bertz CT molecular complexity index is 942. The van der Waals surface area contributed by atoms with E-state index in [4.69, 9.17) is 4.98 Å². The van der Waals surface area contributed by atoms with Gasteiger partial charge in [-0.3, -0.25) is 0 Å². The van der Waals surface area contributed by atoms with Gasteiger partial charge in [0, 0.05) is 32.2 Å². The van der Waals surface area contributed by atoms with Crippen LogP contribution in [0.25, 0.3) is 11.0 Å². The summed E-state index contributed by atoms with van der Waals surface area (Å²) in [4.78, 5) is 21.4. The minimum absolute atomic E-state index is 0.0208. The monoisotopic (exact) mass is 377 g/mol. The van der Waals surface area contributed by atoms with Crippen LogP contribution in [-0.4, -0.2) is 52.7 Å². The van der Waals surface area contributed by atoms with Crippen molar-refractivity contribution in [3.05, 3.63) is 60.2 Å². The van der Waals surface area contributed by atoms with Gasteiger partial charge in [0.2, 0.25) is 5.95 Å². The minimum atomic E-state index is 0.0208. The molecule has 3 aromatic rings. The molecule has 1 N–H and O–H groups in total. The van der Waals surface area contributed by atoms with Crippen LogP contribution in [0.2, 0.25) is 0 Å². The number of nitrogens with zero attached hydrogens (tertiary/aromatic N) is 4. The zero-order chi connectivity index (χ0) is 19.5. The van der Waals surface area contributed by atoms with E-state index in [0.29, 0.717) is 13.1 Å². The Kier molecular flexibility index (Phi) is 5.19. The van der Waals surface area contributed by atoms with E-state index in [-0.39, 0.29) is 12.1 Å². The molecule has 1 aliphatic rings. The summed E-state index contributed by atoms with van der Waals surface area (Å²) in [7, 11) is 0. The number of anilines is 1. The number of nitrogens with one attached hydrogen (secondary N) is 1. The third kappa shape index (κ3) is 3.81. The second kappa shape index (κ2) is 7.92. The summed E-state index contributed by atoms with van der Waals surface area (Å²) in [5, 5.41) is 2.98. The lowest BCUT2D eigenvalue weighted by Crippen LogP contribution is -2.53. The molecular formula is C22H27N5O. The third-order valence-corrected chi connectivity index (χ3v) is 5.08. The van der Waals surface area contributed by atoms with Gasteiger partial charge in [-0.1, -0.05) is 42.5 Å². The molecule has 146 valence electrons. The number of para-hydroxylation sites is 2. The molecule has 0 unspecified atom stereocenters. The molecule has 0 radical (unpaired) electrons. The van der Waals surface area contributed by atoms with Crippen LogP contribution in [0, 0.1) is 0 Å². The second-order valence-corrected chi connectivity index (χ2v) is 7.55. The van der Waals surface area contributed by atoms with E-state index in [2.05, 4.69) is 57.2 Å². The summed E-state index contributed by atoms with van der Waals surface area (Å²) in [6, 6.07) is 18.9. The summed E-state index contributed by atoms with van der Waals surface area (Å²) in [5.74, 6) is 0.981. The predicted octanol–water partition coefficient (Wildman–Crippen LogP) is 3.32. The maximum atomic E-state index is 12.3. The summed E-state index contributed by atoms with van der Waals surface area (Å²) in [6.07, 6.45) is 0. The molecule has 28 heavy (non-hydrogen) atoms. The number of urea groups is 1. The third-order valence-electron chi connectivity index (χ3n) is 5.08. The number of hydrogen-bond donors (Lipinski definition) is 1. The maximum absolute atomic E-state index is 12.3. The fourth-order valence-corrected chi connectivity index (χ4v) is 3.67. The van der Waals surface area contributed by atoms with Crippen molar-refractivity contribution < 1.29 is 4.79 Å². The lowest BCUT2D eigenvalue weighted by atomic mass is 10.2. The molecule has 1 aliphatic heterocycles. The van der Waals surface area contributed by atoms with Gasteiger partial charge in [0.1, 0.15) is 0 Å². The van der Waals surface area contributed by atoms with E-state index in [9.17, 15) is 4.79 Å². The summed E-state index contributed by atoms with van der Waals surface area (Å²) in [6.45, 7) is 7.72. The molecule has 2 aromatic carbocycles. The van der Waals surface area contributed by atoms with Gasteiger partial charge >= 0.3 is 6.03 Å². The Hall–Kier alpha value is -3.02. The molecule has 0 saturated carbocycles. The van der Waals surface area contributed by atoms with Crippen molar-refractivity contribution in [2.24, 2.45) is 0 Å². The summed E-state index contributed by atoms with van der Waals surface area (Å²) < 4.78 is 2.29. The van der Waals surface area contributed by atoms with Crippen LogP contribution in [0.5, 0.6) is 0 Å². The lowest BCUT2D eigenvalue weighted by molar-refractivity contribution is 0.191. The molecule has 6 nitrogen and oxygen atoms in total. The SMILES string of the molecule is CC(C)NC(=O)N1CCN(c2nc3ccccc3n2Cc2ccccc2)CC1. The fourth-order valence-electron chi connectivity index (χ4n) is 3.67. The Morgan fingerprint density at radius 1 is 1.00 bits per heavy atom. The number of carbonyl (C=O) groups is 1. The molecule has 2 heterocycles. The second-order valence-electron chi connectivity index (χ2n) is 7.55. The van der Waals surface area contributed by atoms with Crippen LogP contribution in [0.3, 0.4) is 0 Å². The Morgan fingerprint density at radius 2 is 1.68 bits per heavy atom. The molecule has 0 atom stereocenters. The average molecular weight is 377 g/mol. The van der Waals surface area contributed by atoms with Crippen molar-refractivity contribution in [2.75, 3.05) is 31.1 Å². The highest BCUT2D eigenvalue weighted by atomic mass is 16.2. The maximum Gasteiger partial charge on any atom is 0.317 e. The quantitative estimate of drug-likeness (QED) is 0.759. The van der Waals surface area contributed by atoms with Crippen molar-refractivity contribution in [1.29, 1.82) is 0 Å². The van der Waals surface area contributed by atoms with E-state index in [1.54, 1.807) is 0 Å². The molecule has 4 rings (SSSR count). The van der Waals surface area contributed by atoms with Crippen LogP contribution in [0.1, 0.15) is 19.4 Å². The number of imidazole rings is 1. The molecule has 6 heteroatoms. The lowest BCUT2D eigenvalue weighted by Gasteiger charge is -2.35. The Morgan fingerprint density at radius 3 is 2.39 bits per heavy atom. The predicted molar refractivity (Wildman–Crippen MR) is 113 cm³/mol. The highest BCUT2D eigenvalue weighted by Crippen LogP contribution is 2.25. The highest BCUT2D eigenvalue weighted by Gasteiger charge is 2.25. The van der Waals surface area contributed by atoms with Gasteiger partial charge in [0.15, 0.2) is 0 Å². The standard InChI is InChI=1S/C22H27N5O/c1-17(2)23-22(28)26-14-12-25(13-15-26)21-24-19-10-6-7-11-20(19)27(21)16-18-8-4-3-5-9-18/h3-11,17H,12-16H2,1-2H3,(H,23,28). The Balaban J connectivity index is 1.57. The molecule has 1 saturated heterocycles. The van der Waals surface area contributed by atoms with Gasteiger partial charge in [-0.25, -0.2) is 9.78 Å². The summed E-state index contributed by atoms with van der Waals surface area (Å²) >= 11 is 0. The van der Waals surface area contributed by atoms with Crippen molar-refractivity contribution >= 4 is 23.0 Å². The number of aromatic nitrogens is 2. The molecule has 0 aliphatic carbocycles. The fraction of sp³-hybridized carbons (Fsp3) is 0.364. The topological polar surface area (TPSA) is 53.4 Å². The smallest absolute Gasteiger partial charge is 0.317 e. The van der Waals surface area contributed by atoms with E-state index in [1.807, 2.05) is 30.9 Å². The van der Waals surface area contributed by atoms with Gasteiger partial charge in [-0.2, -0.15) is 0 Å². The van der Waals surface area contributed by atoms with Gasteiger partial charge in [0.25, 0.3) is 0 Å². The number of amides is 2. The molecular weight excluding hydrogens is 350 g/mol. The van der Waals surface area contributed by atoms with Crippen LogP contribution >= 0.6 is 0 Å². The first kappa shape index (κ1) is 18.3. The van der Waals surface area contributed by atoms with Crippen LogP contribution in [-0.2, 0) is 6.54 Å². The van der Waals surface area contributed by atoms with Crippen molar-refractivity contribution in [3.63, 3.8) is 0 Å². The van der Waals surface area contributed by atoms with Crippen LogP contribution < -0.4 is 10.2 Å². The first-order chi connectivity index (χ1) is 13.6. The minimum Gasteiger partial charge on any atom is -0.339 e. The first-order valence-corrected chi connectivity index (χ1v) is 9.91. The summed E-state index contributed by atoms with van der Waals surface area (Å²) in [5.41, 5.74) is 3.40. The van der Waals surface area contributed by atoms with Crippen molar-refractivity contribution in [3.8, 4) is 0 Å². The molecule has 0 bridgehead atoms. The number of benzene rings is 2. The Labute approximate surface area is 165 Å². The number of rotatable bonds is 4. The normalized spacial score (nSPS) is 14.7. The molecule has 1 fully saturated rings.